The number of pyridine rings is 1. The van der Waals surface area contributed by atoms with Crippen LogP contribution in [0, 0.1) is 10.1 Å². The van der Waals surface area contributed by atoms with Gasteiger partial charge in [0.25, 0.3) is 5.69 Å². The zero-order valence-corrected chi connectivity index (χ0v) is 10.1. The van der Waals surface area contributed by atoms with Crippen LogP contribution in [0.15, 0.2) is 42.6 Å². The molecule has 0 N–H and O–H groups in total. The van der Waals surface area contributed by atoms with E-state index in [1.165, 1.54) is 24.4 Å². The van der Waals surface area contributed by atoms with Gasteiger partial charge in [0.15, 0.2) is 0 Å². The van der Waals surface area contributed by atoms with Crippen LogP contribution in [0.3, 0.4) is 0 Å². The number of benzene rings is 1. The fourth-order valence-electron chi connectivity index (χ4n) is 1.96. The third-order valence-electron chi connectivity index (χ3n) is 2.87. The Bertz CT molecular complexity index is 752. The summed E-state index contributed by atoms with van der Waals surface area (Å²) in [5.41, 5.74) is 1.43. The number of aromatic nitrogens is 1. The number of carbonyl (C=O) groups excluding carboxylic acids is 1. The average molecular weight is 268 g/mol. The van der Waals surface area contributed by atoms with E-state index in [-0.39, 0.29) is 5.69 Å². The van der Waals surface area contributed by atoms with Crippen molar-refractivity contribution in [3.8, 4) is 0 Å². The number of ether oxygens (including phenoxy) is 1. The molecule has 3 rings (SSSR count). The van der Waals surface area contributed by atoms with Gasteiger partial charge in [-0.05, 0) is 6.07 Å². The maximum absolute atomic E-state index is 11.6. The van der Waals surface area contributed by atoms with Gasteiger partial charge in [0.05, 0.1) is 16.2 Å². The van der Waals surface area contributed by atoms with E-state index in [0.29, 0.717) is 22.6 Å². The molecule has 1 aliphatic heterocycles. The highest BCUT2D eigenvalue weighted by Gasteiger charge is 2.25. The maximum atomic E-state index is 11.6. The van der Waals surface area contributed by atoms with Gasteiger partial charge < -0.3 is 4.74 Å². The van der Waals surface area contributed by atoms with Gasteiger partial charge in [-0.15, -0.1) is 0 Å². The number of rotatable bonds is 2. The molecule has 0 fully saturated rings. The lowest BCUT2D eigenvalue weighted by molar-refractivity contribution is -0.384. The van der Waals surface area contributed by atoms with Crippen molar-refractivity contribution >= 4 is 23.5 Å². The Balaban J connectivity index is 2.04. The Labute approximate surface area is 113 Å². The number of cyclic esters (lactones) is 1. The van der Waals surface area contributed by atoms with Crippen LogP contribution in [0.4, 0.5) is 5.69 Å². The first-order valence-corrected chi connectivity index (χ1v) is 5.79. The monoisotopic (exact) mass is 268 g/mol. The van der Waals surface area contributed by atoms with Crippen molar-refractivity contribution in [2.45, 2.75) is 0 Å². The molecule has 1 aliphatic rings. The first-order valence-electron chi connectivity index (χ1n) is 5.79. The van der Waals surface area contributed by atoms with E-state index >= 15 is 0 Å². The summed E-state index contributed by atoms with van der Waals surface area (Å²) in [6, 6.07) is 9.57. The third kappa shape index (κ3) is 2.03. The van der Waals surface area contributed by atoms with E-state index in [4.69, 9.17) is 4.74 Å². The molecule has 0 amide bonds. The van der Waals surface area contributed by atoms with E-state index in [2.05, 4.69) is 4.98 Å². The zero-order valence-electron chi connectivity index (χ0n) is 10.1. The van der Waals surface area contributed by atoms with E-state index < -0.39 is 10.9 Å². The molecular formula is C14H8N2O4. The topological polar surface area (TPSA) is 82.3 Å². The van der Waals surface area contributed by atoms with Crippen molar-refractivity contribution < 1.29 is 14.5 Å². The zero-order chi connectivity index (χ0) is 14.1. The molecule has 0 spiro atoms. The Kier molecular flexibility index (Phi) is 2.76. The van der Waals surface area contributed by atoms with Crippen molar-refractivity contribution in [2.75, 3.05) is 0 Å². The van der Waals surface area contributed by atoms with Crippen LogP contribution in [-0.4, -0.2) is 15.9 Å². The molecule has 1 aromatic heterocycles. The van der Waals surface area contributed by atoms with Gasteiger partial charge in [-0.25, -0.2) is 4.79 Å². The molecule has 0 bridgehead atoms. The largest absolute Gasteiger partial charge is 0.422 e. The minimum absolute atomic E-state index is 0.0653. The highest BCUT2D eigenvalue weighted by atomic mass is 16.6. The number of nitro groups is 1. The van der Waals surface area contributed by atoms with Gasteiger partial charge >= 0.3 is 5.97 Å². The lowest BCUT2D eigenvalue weighted by Crippen LogP contribution is -1.92. The molecule has 0 saturated heterocycles. The molecule has 2 heterocycles. The number of hydrogen-bond donors (Lipinski definition) is 0. The molecular weight excluding hydrogens is 260 g/mol. The summed E-state index contributed by atoms with van der Waals surface area (Å²) >= 11 is 0. The molecule has 6 nitrogen and oxygen atoms in total. The molecule has 2 aromatic rings. The average Bonchev–Trinajstić information content (AvgIpc) is 2.76. The van der Waals surface area contributed by atoms with E-state index in [0.717, 1.165) is 0 Å². The highest BCUT2D eigenvalue weighted by molar-refractivity contribution is 6.05. The van der Waals surface area contributed by atoms with Crippen molar-refractivity contribution in [3.05, 3.63) is 69.5 Å². The molecule has 0 unspecified atom stereocenters. The van der Waals surface area contributed by atoms with Crippen LogP contribution >= 0.6 is 0 Å². The molecule has 0 radical (unpaired) electrons. The number of carbonyl (C=O) groups is 1. The number of hydrogen-bond acceptors (Lipinski definition) is 5. The summed E-state index contributed by atoms with van der Waals surface area (Å²) in [7, 11) is 0. The van der Waals surface area contributed by atoms with Crippen LogP contribution in [-0.2, 0) is 4.74 Å². The first kappa shape index (κ1) is 12.0. The number of fused-ring (bicyclic) bond motifs is 1. The fraction of sp³-hybridized carbons (Fsp3) is 0. The minimum Gasteiger partial charge on any atom is -0.422 e. The minimum atomic E-state index is -0.502. The van der Waals surface area contributed by atoms with Crippen LogP contribution in [0.1, 0.15) is 21.6 Å². The summed E-state index contributed by atoms with van der Waals surface area (Å²) < 4.78 is 5.15. The van der Waals surface area contributed by atoms with Gasteiger partial charge in [-0.3, -0.25) is 15.1 Å². The summed E-state index contributed by atoms with van der Waals surface area (Å²) in [5.74, 6) is -0.0871. The van der Waals surface area contributed by atoms with Crippen LogP contribution in [0.5, 0.6) is 0 Å². The highest BCUT2D eigenvalue weighted by Crippen LogP contribution is 2.30. The van der Waals surface area contributed by atoms with Crippen molar-refractivity contribution in [1.82, 2.24) is 4.98 Å². The van der Waals surface area contributed by atoms with Crippen molar-refractivity contribution in [2.24, 2.45) is 0 Å². The van der Waals surface area contributed by atoms with E-state index in [1.807, 2.05) is 0 Å². The van der Waals surface area contributed by atoms with Gasteiger partial charge in [0, 0.05) is 30.0 Å². The van der Waals surface area contributed by atoms with Gasteiger partial charge in [0.1, 0.15) is 5.76 Å². The Morgan fingerprint density at radius 2 is 1.95 bits per heavy atom. The molecule has 0 atom stereocenters. The summed E-state index contributed by atoms with van der Waals surface area (Å²) in [6.07, 6.45) is 2.85. The first-order chi connectivity index (χ1) is 9.65. The van der Waals surface area contributed by atoms with Gasteiger partial charge in [0.2, 0.25) is 0 Å². The lowest BCUT2D eigenvalue weighted by atomic mass is 10.1. The smallest absolute Gasteiger partial charge is 0.344 e. The second-order valence-electron chi connectivity index (χ2n) is 4.14. The standard InChI is InChI=1S/C14H8N2O4/c17-14-12-4-2-1-3-11(12)13(20-14)8-9-7-10(16(18)19)5-6-15-9/h1-8H/b13-8-. The van der Waals surface area contributed by atoms with Crippen molar-refractivity contribution in [3.63, 3.8) is 0 Å². The third-order valence-corrected chi connectivity index (χ3v) is 2.87. The van der Waals surface area contributed by atoms with Crippen molar-refractivity contribution in [1.29, 1.82) is 0 Å². The summed E-state index contributed by atoms with van der Waals surface area (Å²) in [4.78, 5) is 25.9. The van der Waals surface area contributed by atoms with Crippen LogP contribution in [0.25, 0.3) is 11.8 Å². The Morgan fingerprint density at radius 3 is 2.70 bits per heavy atom. The van der Waals surface area contributed by atoms with E-state index in [9.17, 15) is 14.9 Å². The molecule has 6 heteroatoms. The quantitative estimate of drug-likeness (QED) is 0.475. The normalized spacial score (nSPS) is 15.0. The predicted molar refractivity (Wildman–Crippen MR) is 70.6 cm³/mol. The van der Waals surface area contributed by atoms with E-state index in [1.54, 1.807) is 24.3 Å². The summed E-state index contributed by atoms with van der Waals surface area (Å²) in [5, 5.41) is 10.7. The second kappa shape index (κ2) is 4.58. The van der Waals surface area contributed by atoms with Crippen LogP contribution in [0.2, 0.25) is 0 Å². The van der Waals surface area contributed by atoms with Gasteiger partial charge in [-0.2, -0.15) is 0 Å². The fourth-order valence-corrected chi connectivity index (χ4v) is 1.96. The predicted octanol–water partition coefficient (Wildman–Crippen LogP) is 2.66. The number of nitrogens with zero attached hydrogens (tertiary/aromatic N) is 2. The molecule has 20 heavy (non-hydrogen) atoms. The van der Waals surface area contributed by atoms with Gasteiger partial charge in [-0.1, -0.05) is 18.2 Å². The maximum Gasteiger partial charge on any atom is 0.344 e. The molecule has 1 aromatic carbocycles. The summed E-state index contributed by atoms with van der Waals surface area (Å²) in [6.45, 7) is 0. The lowest BCUT2D eigenvalue weighted by Gasteiger charge is -1.98. The molecule has 98 valence electrons. The SMILES string of the molecule is O=C1O/C(=C\c2cc([N+](=O)[O-])ccn2)c2ccccc21. The Morgan fingerprint density at radius 1 is 1.20 bits per heavy atom. The molecule has 0 aliphatic carbocycles. The van der Waals surface area contributed by atoms with Crippen LogP contribution < -0.4 is 0 Å². The molecule has 0 saturated carbocycles. The Hall–Kier alpha value is -3.02. The second-order valence-corrected chi connectivity index (χ2v) is 4.14. The number of esters is 1.